The minimum atomic E-state index is -4.15. The van der Waals surface area contributed by atoms with Gasteiger partial charge in [0.25, 0.3) is 11.1 Å². The van der Waals surface area contributed by atoms with Crippen molar-refractivity contribution in [2.45, 2.75) is 35.2 Å². The fraction of sp³-hybridized carbons (Fsp3) is 0.273. The number of unbranched alkanes of at least 4 members (excludes halogenated alkanes) is 1. The summed E-state index contributed by atoms with van der Waals surface area (Å²) in [7, 11) is -2.68. The monoisotopic (exact) mass is 477 g/mol. The summed E-state index contributed by atoms with van der Waals surface area (Å²) in [5.74, 6) is 5.68. The standard InChI is InChI=1S/C22H20ClNO5S2/c1-15-7-8-17(23)14-16(15)6-4-3-5-13-22(20(25)24-21(26)30-22)31(27,28)19-11-9-18(29-2)10-12-19/h7-12,14H,3,5,13H2,1-2H3,(H,24,25,26). The highest BCUT2D eigenvalue weighted by Gasteiger charge is 2.57. The third kappa shape index (κ3) is 4.74. The molecule has 6 nitrogen and oxygen atoms in total. The molecule has 0 aromatic heterocycles. The molecule has 1 aliphatic rings. The van der Waals surface area contributed by atoms with E-state index in [0.717, 1.165) is 11.1 Å². The van der Waals surface area contributed by atoms with E-state index < -0.39 is 25.1 Å². The van der Waals surface area contributed by atoms with Gasteiger partial charge in [-0.25, -0.2) is 8.42 Å². The fourth-order valence-corrected chi connectivity index (χ4v) is 6.67. The molecule has 1 fully saturated rings. The molecule has 1 atom stereocenters. The second-order valence-corrected chi connectivity index (χ2v) is 11.0. The molecule has 0 saturated carbocycles. The molecule has 2 aromatic rings. The lowest BCUT2D eigenvalue weighted by Crippen LogP contribution is -2.43. The lowest BCUT2D eigenvalue weighted by Gasteiger charge is -2.24. The molecule has 0 bridgehead atoms. The van der Waals surface area contributed by atoms with Crippen molar-refractivity contribution in [3.05, 3.63) is 58.6 Å². The van der Waals surface area contributed by atoms with Crippen molar-refractivity contribution in [1.82, 2.24) is 5.32 Å². The zero-order chi connectivity index (χ0) is 22.6. The fourth-order valence-electron chi connectivity index (χ4n) is 3.13. The molecule has 2 amide bonds. The summed E-state index contributed by atoms with van der Waals surface area (Å²) in [5, 5.41) is 2.02. The number of methoxy groups -OCH3 is 1. The summed E-state index contributed by atoms with van der Waals surface area (Å²) in [6.45, 7) is 1.92. The highest BCUT2D eigenvalue weighted by Crippen LogP contribution is 2.44. The number of halogens is 1. The van der Waals surface area contributed by atoms with Crippen LogP contribution < -0.4 is 10.1 Å². The number of amides is 2. The Bertz CT molecular complexity index is 1180. The molecule has 1 N–H and O–H groups in total. The molecule has 0 aliphatic carbocycles. The Morgan fingerprint density at radius 1 is 1.16 bits per heavy atom. The number of thioether (sulfide) groups is 1. The molecule has 9 heteroatoms. The summed E-state index contributed by atoms with van der Waals surface area (Å²) < 4.78 is 29.8. The topological polar surface area (TPSA) is 89.5 Å². The van der Waals surface area contributed by atoms with E-state index in [-0.39, 0.29) is 11.3 Å². The van der Waals surface area contributed by atoms with Crippen LogP contribution in [0.1, 0.15) is 30.4 Å². The second kappa shape index (κ2) is 9.35. The number of nitrogens with one attached hydrogen (secondary N) is 1. The van der Waals surface area contributed by atoms with Crippen LogP contribution in [-0.4, -0.2) is 30.8 Å². The normalized spacial score (nSPS) is 18.3. The molecular weight excluding hydrogens is 458 g/mol. The molecule has 0 radical (unpaired) electrons. The molecule has 1 aliphatic heterocycles. The Morgan fingerprint density at radius 3 is 2.48 bits per heavy atom. The van der Waals surface area contributed by atoms with Crippen molar-refractivity contribution < 1.29 is 22.7 Å². The van der Waals surface area contributed by atoms with Crippen molar-refractivity contribution in [2.75, 3.05) is 7.11 Å². The number of imide groups is 1. The highest BCUT2D eigenvalue weighted by atomic mass is 35.5. The number of ether oxygens (including phenoxy) is 1. The quantitative estimate of drug-likeness (QED) is 0.492. The Morgan fingerprint density at radius 2 is 1.87 bits per heavy atom. The molecule has 3 rings (SSSR count). The molecule has 31 heavy (non-hydrogen) atoms. The van der Waals surface area contributed by atoms with E-state index in [1.165, 1.54) is 31.4 Å². The van der Waals surface area contributed by atoms with E-state index in [0.29, 0.717) is 35.4 Å². The van der Waals surface area contributed by atoms with Gasteiger partial charge in [0.05, 0.1) is 12.0 Å². The number of hydrogen-bond donors (Lipinski definition) is 1. The van der Waals surface area contributed by atoms with Crippen LogP contribution in [0, 0.1) is 18.8 Å². The first-order valence-electron chi connectivity index (χ1n) is 9.38. The Labute approximate surface area is 190 Å². The molecule has 0 spiro atoms. The maximum absolute atomic E-state index is 13.4. The average Bonchev–Trinajstić information content (AvgIpc) is 3.04. The minimum Gasteiger partial charge on any atom is -0.497 e. The number of benzene rings is 2. The number of sulfone groups is 1. The molecular formula is C22H20ClNO5S2. The van der Waals surface area contributed by atoms with Gasteiger partial charge in [-0.2, -0.15) is 0 Å². The van der Waals surface area contributed by atoms with E-state index in [1.807, 2.05) is 13.0 Å². The van der Waals surface area contributed by atoms with Crippen LogP contribution >= 0.6 is 23.4 Å². The second-order valence-electron chi connectivity index (χ2n) is 6.89. The van der Waals surface area contributed by atoms with Gasteiger partial charge in [-0.1, -0.05) is 29.5 Å². The summed E-state index contributed by atoms with van der Waals surface area (Å²) in [4.78, 5) is 24.5. The smallest absolute Gasteiger partial charge is 0.287 e. The van der Waals surface area contributed by atoms with Gasteiger partial charge in [-0.05, 0) is 73.5 Å². The van der Waals surface area contributed by atoms with Crippen LogP contribution in [-0.2, 0) is 14.6 Å². The lowest BCUT2D eigenvalue weighted by molar-refractivity contribution is -0.120. The van der Waals surface area contributed by atoms with Gasteiger partial charge in [-0.15, -0.1) is 0 Å². The summed E-state index contributed by atoms with van der Waals surface area (Å²) in [6, 6.07) is 11.1. The van der Waals surface area contributed by atoms with Gasteiger partial charge in [0.2, 0.25) is 13.9 Å². The first kappa shape index (κ1) is 23.2. The lowest BCUT2D eigenvalue weighted by atomic mass is 10.1. The van der Waals surface area contributed by atoms with Crippen LogP contribution in [0.2, 0.25) is 5.02 Å². The van der Waals surface area contributed by atoms with E-state index in [9.17, 15) is 18.0 Å². The van der Waals surface area contributed by atoms with E-state index >= 15 is 0 Å². The van der Waals surface area contributed by atoms with E-state index in [2.05, 4.69) is 17.2 Å². The van der Waals surface area contributed by atoms with Crippen molar-refractivity contribution in [2.24, 2.45) is 0 Å². The molecule has 2 aromatic carbocycles. The van der Waals surface area contributed by atoms with Crippen LogP contribution in [0.4, 0.5) is 4.79 Å². The zero-order valence-electron chi connectivity index (χ0n) is 16.9. The predicted octanol–water partition coefficient (Wildman–Crippen LogP) is 4.33. The van der Waals surface area contributed by atoms with Crippen molar-refractivity contribution in [3.63, 3.8) is 0 Å². The van der Waals surface area contributed by atoms with Gasteiger partial charge >= 0.3 is 0 Å². The summed E-state index contributed by atoms with van der Waals surface area (Å²) in [5.41, 5.74) is 1.77. The van der Waals surface area contributed by atoms with Crippen molar-refractivity contribution in [1.29, 1.82) is 0 Å². The molecule has 1 saturated heterocycles. The van der Waals surface area contributed by atoms with Gasteiger partial charge in [0.1, 0.15) is 5.75 Å². The van der Waals surface area contributed by atoms with Crippen LogP contribution in [0.3, 0.4) is 0 Å². The molecule has 1 unspecified atom stereocenters. The number of hydrogen-bond acceptors (Lipinski definition) is 6. The maximum Gasteiger partial charge on any atom is 0.287 e. The SMILES string of the molecule is COc1ccc(S(=O)(=O)C2(CCCC#Cc3cc(Cl)ccc3C)SC(=O)NC2=O)cc1. The van der Waals surface area contributed by atoms with Crippen LogP contribution in [0.25, 0.3) is 0 Å². The van der Waals surface area contributed by atoms with Crippen LogP contribution in [0.15, 0.2) is 47.4 Å². The first-order valence-corrected chi connectivity index (χ1v) is 12.1. The maximum atomic E-state index is 13.4. The number of carbonyl (C=O) groups excluding carboxylic acids is 2. The largest absolute Gasteiger partial charge is 0.497 e. The van der Waals surface area contributed by atoms with Gasteiger partial charge in [0.15, 0.2) is 0 Å². The Kier molecular flexibility index (Phi) is 6.99. The van der Waals surface area contributed by atoms with Gasteiger partial charge < -0.3 is 4.74 Å². The number of aryl methyl sites for hydroxylation is 1. The van der Waals surface area contributed by atoms with Crippen molar-refractivity contribution in [3.8, 4) is 17.6 Å². The third-order valence-electron chi connectivity index (χ3n) is 4.85. The summed E-state index contributed by atoms with van der Waals surface area (Å²) >= 11 is 6.50. The number of rotatable bonds is 6. The van der Waals surface area contributed by atoms with Crippen molar-refractivity contribution >= 4 is 44.3 Å². The highest BCUT2D eigenvalue weighted by molar-refractivity contribution is 8.25. The Hall–Kier alpha value is -2.47. The minimum absolute atomic E-state index is 0.0488. The third-order valence-corrected chi connectivity index (χ3v) is 9.15. The Balaban J connectivity index is 1.82. The zero-order valence-corrected chi connectivity index (χ0v) is 19.3. The predicted molar refractivity (Wildman–Crippen MR) is 121 cm³/mol. The number of carbonyl (C=O) groups is 2. The van der Waals surface area contributed by atoms with E-state index in [4.69, 9.17) is 16.3 Å². The van der Waals surface area contributed by atoms with Crippen LogP contribution in [0.5, 0.6) is 5.75 Å². The molecule has 1 heterocycles. The first-order chi connectivity index (χ1) is 14.7. The van der Waals surface area contributed by atoms with Gasteiger partial charge in [-0.3, -0.25) is 14.9 Å². The molecule has 162 valence electrons. The van der Waals surface area contributed by atoms with E-state index in [1.54, 1.807) is 12.1 Å². The van der Waals surface area contributed by atoms with Gasteiger partial charge in [0, 0.05) is 17.0 Å². The average molecular weight is 478 g/mol. The summed E-state index contributed by atoms with van der Waals surface area (Å²) in [6.07, 6.45) is 0.621.